The van der Waals surface area contributed by atoms with Crippen molar-refractivity contribution in [3.05, 3.63) is 32.1 Å². The lowest BCUT2D eigenvalue weighted by Gasteiger charge is -2.21. The molecule has 0 fully saturated rings. The number of rotatable bonds is 4. The molecule has 1 aromatic heterocycles. The second kappa shape index (κ2) is 7.57. The Labute approximate surface area is 137 Å². The topological polar surface area (TPSA) is 146 Å². The van der Waals surface area contributed by atoms with Gasteiger partial charge in [0.2, 0.25) is 0 Å². The van der Waals surface area contributed by atoms with Crippen LogP contribution < -0.4 is 22.0 Å². The van der Waals surface area contributed by atoms with Gasteiger partial charge in [-0.05, 0) is 34.6 Å². The molecule has 24 heavy (non-hydrogen) atoms. The van der Waals surface area contributed by atoms with Crippen LogP contribution in [0.5, 0.6) is 0 Å². The summed E-state index contributed by atoms with van der Waals surface area (Å²) in [6.45, 7) is 8.07. The van der Waals surface area contributed by atoms with E-state index in [0.29, 0.717) is 5.69 Å². The van der Waals surface area contributed by atoms with Crippen molar-refractivity contribution in [2.45, 2.75) is 46.3 Å². The third-order valence-corrected chi connectivity index (χ3v) is 2.67. The van der Waals surface area contributed by atoms with Crippen LogP contribution >= 0.6 is 0 Å². The van der Waals surface area contributed by atoms with Crippen LogP contribution in [-0.2, 0) is 9.53 Å². The number of hydrazone groups is 1. The van der Waals surface area contributed by atoms with Crippen molar-refractivity contribution in [2.24, 2.45) is 5.10 Å². The fraction of sp³-hybridized carbons (Fsp3) is 0.500. The third kappa shape index (κ3) is 6.07. The van der Waals surface area contributed by atoms with E-state index in [-0.39, 0.29) is 5.56 Å². The molecule has 4 N–H and O–H groups in total. The molecular formula is C14H21N5O5. The molecule has 2 amide bonds. The van der Waals surface area contributed by atoms with E-state index in [9.17, 15) is 19.2 Å². The van der Waals surface area contributed by atoms with E-state index in [1.165, 1.54) is 13.8 Å². The molecule has 1 atom stereocenters. The van der Waals surface area contributed by atoms with Crippen molar-refractivity contribution in [3.63, 3.8) is 0 Å². The van der Waals surface area contributed by atoms with Crippen LogP contribution in [0.2, 0.25) is 0 Å². The summed E-state index contributed by atoms with van der Waals surface area (Å²) in [5, 5.41) is 5.99. The number of amides is 2. The van der Waals surface area contributed by atoms with Crippen molar-refractivity contribution in [2.75, 3.05) is 0 Å². The zero-order valence-electron chi connectivity index (χ0n) is 14.1. The van der Waals surface area contributed by atoms with Crippen molar-refractivity contribution in [1.29, 1.82) is 0 Å². The standard InChI is InChI=1S/C14H21N5O5/c1-7-9(11(21)18-12(22)16-7)6-15-19-10(20)8(2)17-13(23)24-14(3,4)5/h6,8H,1-5H3,(H,17,23)(H,19,20)(H2,16,18,21,22)/b15-6+/t8-/m0/s1. The van der Waals surface area contributed by atoms with Gasteiger partial charge in [-0.2, -0.15) is 5.10 Å². The summed E-state index contributed by atoms with van der Waals surface area (Å²) in [7, 11) is 0. The molecule has 0 bridgehead atoms. The lowest BCUT2D eigenvalue weighted by molar-refractivity contribution is -0.122. The van der Waals surface area contributed by atoms with Crippen LogP contribution in [-0.4, -0.2) is 39.8 Å². The number of nitrogens with zero attached hydrogens (tertiary/aromatic N) is 1. The predicted octanol–water partition coefficient (Wildman–Crippen LogP) is -0.265. The van der Waals surface area contributed by atoms with Crippen LogP contribution in [0.1, 0.15) is 39.0 Å². The SMILES string of the molecule is Cc1[nH]c(=O)[nH]c(=O)c1/C=N/NC(=O)[C@H](C)NC(=O)OC(C)(C)C. The van der Waals surface area contributed by atoms with Gasteiger partial charge in [-0.25, -0.2) is 15.0 Å². The number of carbonyl (C=O) groups excluding carboxylic acids is 2. The lowest BCUT2D eigenvalue weighted by atomic mass is 10.2. The maximum absolute atomic E-state index is 11.8. The van der Waals surface area contributed by atoms with Gasteiger partial charge in [-0.1, -0.05) is 0 Å². The highest BCUT2D eigenvalue weighted by Crippen LogP contribution is 2.06. The molecule has 1 heterocycles. The van der Waals surface area contributed by atoms with E-state index >= 15 is 0 Å². The second-order valence-electron chi connectivity index (χ2n) is 6.05. The molecule has 0 saturated heterocycles. The highest BCUT2D eigenvalue weighted by atomic mass is 16.6. The normalized spacial score (nSPS) is 12.7. The first-order valence-corrected chi connectivity index (χ1v) is 7.15. The quantitative estimate of drug-likeness (QED) is 0.441. The Morgan fingerprint density at radius 2 is 1.88 bits per heavy atom. The molecule has 0 aliphatic rings. The van der Waals surface area contributed by atoms with Gasteiger partial charge in [0.25, 0.3) is 11.5 Å². The van der Waals surface area contributed by atoms with Gasteiger partial charge < -0.3 is 15.0 Å². The minimum atomic E-state index is -0.896. The molecule has 0 unspecified atom stereocenters. The van der Waals surface area contributed by atoms with Crippen LogP contribution in [0, 0.1) is 6.92 Å². The Balaban J connectivity index is 2.64. The summed E-state index contributed by atoms with van der Waals surface area (Å²) in [4.78, 5) is 50.5. The minimum Gasteiger partial charge on any atom is -0.444 e. The molecule has 0 aromatic carbocycles. The number of carbonyl (C=O) groups is 2. The van der Waals surface area contributed by atoms with Gasteiger partial charge in [0.05, 0.1) is 11.8 Å². The summed E-state index contributed by atoms with van der Waals surface area (Å²) in [5.41, 5.74) is 0.650. The molecule has 0 saturated carbocycles. The van der Waals surface area contributed by atoms with E-state index in [0.717, 1.165) is 6.21 Å². The molecule has 0 spiro atoms. The largest absolute Gasteiger partial charge is 0.444 e. The zero-order chi connectivity index (χ0) is 18.5. The summed E-state index contributed by atoms with van der Waals surface area (Å²) in [6.07, 6.45) is 0.365. The molecule has 1 aromatic rings. The highest BCUT2D eigenvalue weighted by molar-refractivity contribution is 5.87. The molecule has 0 radical (unpaired) electrons. The number of aryl methyl sites for hydroxylation is 1. The van der Waals surface area contributed by atoms with Crippen LogP contribution in [0.25, 0.3) is 0 Å². The monoisotopic (exact) mass is 339 g/mol. The molecule has 10 nitrogen and oxygen atoms in total. The number of nitrogens with one attached hydrogen (secondary N) is 4. The number of hydrogen-bond donors (Lipinski definition) is 4. The van der Waals surface area contributed by atoms with Gasteiger partial charge in [0.1, 0.15) is 11.6 Å². The summed E-state index contributed by atoms with van der Waals surface area (Å²) >= 11 is 0. The molecule has 10 heteroatoms. The van der Waals surface area contributed by atoms with Gasteiger partial charge >= 0.3 is 11.8 Å². The fourth-order valence-electron chi connectivity index (χ4n) is 1.57. The Morgan fingerprint density at radius 3 is 2.42 bits per heavy atom. The molecular weight excluding hydrogens is 318 g/mol. The van der Waals surface area contributed by atoms with Gasteiger partial charge in [-0.15, -0.1) is 0 Å². The number of aromatic amines is 2. The predicted molar refractivity (Wildman–Crippen MR) is 87.0 cm³/mol. The van der Waals surface area contributed by atoms with Crippen molar-refractivity contribution in [1.82, 2.24) is 20.7 Å². The summed E-state index contributed by atoms with van der Waals surface area (Å²) in [5.74, 6) is -0.601. The zero-order valence-corrected chi connectivity index (χ0v) is 14.1. The molecule has 0 aliphatic heterocycles. The minimum absolute atomic E-state index is 0.0997. The Kier molecular flexibility index (Phi) is 6.04. The third-order valence-electron chi connectivity index (χ3n) is 2.67. The van der Waals surface area contributed by atoms with Crippen molar-refractivity contribution in [3.8, 4) is 0 Å². The average molecular weight is 339 g/mol. The van der Waals surface area contributed by atoms with Crippen LogP contribution in [0.3, 0.4) is 0 Å². The smallest absolute Gasteiger partial charge is 0.408 e. The Morgan fingerprint density at radius 1 is 1.25 bits per heavy atom. The van der Waals surface area contributed by atoms with E-state index in [4.69, 9.17) is 4.74 Å². The molecule has 132 valence electrons. The highest BCUT2D eigenvalue weighted by Gasteiger charge is 2.20. The second-order valence-corrected chi connectivity index (χ2v) is 6.05. The van der Waals surface area contributed by atoms with E-state index in [2.05, 4.69) is 20.8 Å². The number of H-pyrrole nitrogens is 2. The Bertz CT molecular complexity index is 756. The Hall–Kier alpha value is -2.91. The average Bonchev–Trinajstić information content (AvgIpc) is 2.38. The first-order chi connectivity index (χ1) is 11.0. The summed E-state index contributed by atoms with van der Waals surface area (Å²) < 4.78 is 5.03. The van der Waals surface area contributed by atoms with E-state index in [1.54, 1.807) is 20.8 Å². The maximum Gasteiger partial charge on any atom is 0.408 e. The van der Waals surface area contributed by atoms with Crippen molar-refractivity contribution < 1.29 is 14.3 Å². The summed E-state index contributed by atoms with van der Waals surface area (Å²) in [6, 6.07) is -0.896. The van der Waals surface area contributed by atoms with Gasteiger partial charge in [-0.3, -0.25) is 14.6 Å². The maximum atomic E-state index is 11.8. The first-order valence-electron chi connectivity index (χ1n) is 7.15. The van der Waals surface area contributed by atoms with Gasteiger partial charge in [0, 0.05) is 5.69 Å². The molecule has 1 rings (SSSR count). The number of ether oxygens (including phenoxy) is 1. The van der Waals surface area contributed by atoms with E-state index < -0.39 is 34.9 Å². The number of aromatic nitrogens is 2. The number of hydrogen-bond acceptors (Lipinski definition) is 6. The number of alkyl carbamates (subject to hydrolysis) is 1. The fourth-order valence-corrected chi connectivity index (χ4v) is 1.57. The van der Waals surface area contributed by atoms with Crippen LogP contribution in [0.4, 0.5) is 4.79 Å². The van der Waals surface area contributed by atoms with Gasteiger partial charge in [0.15, 0.2) is 0 Å². The van der Waals surface area contributed by atoms with E-state index in [1.807, 2.05) is 4.98 Å². The molecule has 0 aliphatic carbocycles. The first kappa shape index (κ1) is 19.1. The van der Waals surface area contributed by atoms with Crippen molar-refractivity contribution >= 4 is 18.2 Å². The van der Waals surface area contributed by atoms with Crippen LogP contribution in [0.15, 0.2) is 14.7 Å². The lowest BCUT2D eigenvalue weighted by Crippen LogP contribution is -2.45.